The molecule has 0 atom stereocenters. The van der Waals surface area contributed by atoms with Gasteiger partial charge in [0, 0.05) is 40.5 Å². The fourth-order valence-corrected chi connectivity index (χ4v) is 5.63. The van der Waals surface area contributed by atoms with Gasteiger partial charge in [-0.1, -0.05) is 34.1 Å². The molecule has 1 fully saturated rings. The van der Waals surface area contributed by atoms with Crippen molar-refractivity contribution in [3.63, 3.8) is 0 Å². The first-order valence-corrected chi connectivity index (χ1v) is 11.1. The molecule has 1 aromatic heterocycles. The van der Waals surface area contributed by atoms with Gasteiger partial charge in [0.2, 0.25) is 0 Å². The first-order valence-electron chi connectivity index (χ1n) is 9.54. The molecular weight excluding hydrogens is 452 g/mol. The van der Waals surface area contributed by atoms with Crippen LogP contribution in [0, 0.1) is 0 Å². The third-order valence-electron chi connectivity index (χ3n) is 5.85. The second-order valence-corrected chi connectivity index (χ2v) is 9.65. The summed E-state index contributed by atoms with van der Waals surface area (Å²) in [6.45, 7) is 1.09. The predicted molar refractivity (Wildman–Crippen MR) is 118 cm³/mol. The van der Waals surface area contributed by atoms with Gasteiger partial charge in [0.25, 0.3) is 5.91 Å². The summed E-state index contributed by atoms with van der Waals surface area (Å²) in [4.78, 5) is 27.7. The number of hydrogen-bond acceptors (Lipinski definition) is 5. The summed E-state index contributed by atoms with van der Waals surface area (Å²) in [6, 6.07) is 13.3. The smallest absolute Gasteiger partial charge is 0.257 e. The maximum Gasteiger partial charge on any atom is 0.257 e. The number of benzene rings is 2. The van der Waals surface area contributed by atoms with Crippen molar-refractivity contribution in [2.45, 2.75) is 24.9 Å². The summed E-state index contributed by atoms with van der Waals surface area (Å²) in [7, 11) is 0. The van der Waals surface area contributed by atoms with E-state index < -0.39 is 5.60 Å². The Bertz CT molecular complexity index is 1150. The van der Waals surface area contributed by atoms with Gasteiger partial charge in [0.05, 0.1) is 22.5 Å². The molecule has 0 saturated carbocycles. The molecule has 3 heterocycles. The van der Waals surface area contributed by atoms with Gasteiger partial charge < -0.3 is 15.4 Å². The molecule has 2 aliphatic rings. The van der Waals surface area contributed by atoms with E-state index in [1.165, 1.54) is 11.3 Å². The number of rotatable bonds is 1. The van der Waals surface area contributed by atoms with E-state index in [0.717, 1.165) is 14.6 Å². The van der Waals surface area contributed by atoms with Crippen molar-refractivity contribution in [2.24, 2.45) is 0 Å². The minimum atomic E-state index is -0.531. The van der Waals surface area contributed by atoms with Crippen LogP contribution in [0.25, 0.3) is 10.1 Å². The molecule has 1 amide bonds. The van der Waals surface area contributed by atoms with E-state index in [0.29, 0.717) is 54.2 Å². The van der Waals surface area contributed by atoms with Crippen molar-refractivity contribution in [1.82, 2.24) is 4.90 Å². The van der Waals surface area contributed by atoms with Crippen LogP contribution >= 0.6 is 27.3 Å². The zero-order valence-electron chi connectivity index (χ0n) is 15.6. The number of nitrogens with two attached hydrogens (primary N) is 1. The van der Waals surface area contributed by atoms with Crippen molar-refractivity contribution < 1.29 is 14.3 Å². The van der Waals surface area contributed by atoms with Gasteiger partial charge in [0.15, 0.2) is 5.78 Å². The van der Waals surface area contributed by atoms with Crippen molar-refractivity contribution in [2.75, 3.05) is 18.8 Å². The lowest BCUT2D eigenvalue weighted by atomic mass is 9.82. The monoisotopic (exact) mass is 470 g/mol. The Morgan fingerprint density at radius 1 is 1.17 bits per heavy atom. The first kappa shape index (κ1) is 18.6. The number of likely N-dealkylation sites (tertiary alicyclic amines) is 1. The van der Waals surface area contributed by atoms with Crippen LogP contribution in [0.2, 0.25) is 0 Å². The highest BCUT2D eigenvalue weighted by molar-refractivity contribution is 9.10. The Balaban J connectivity index is 1.36. The largest absolute Gasteiger partial charge is 0.486 e. The highest BCUT2D eigenvalue weighted by atomic mass is 79.9. The van der Waals surface area contributed by atoms with E-state index in [9.17, 15) is 9.59 Å². The minimum Gasteiger partial charge on any atom is -0.486 e. The molecule has 7 heteroatoms. The molecule has 29 heavy (non-hydrogen) atoms. The van der Waals surface area contributed by atoms with Crippen LogP contribution in [0.4, 0.5) is 5.00 Å². The van der Waals surface area contributed by atoms with E-state index in [4.69, 9.17) is 10.5 Å². The molecule has 0 unspecified atom stereocenters. The first-order chi connectivity index (χ1) is 14.0. The molecule has 5 rings (SSSR count). The zero-order chi connectivity index (χ0) is 20.2. The molecule has 1 saturated heterocycles. The highest BCUT2D eigenvalue weighted by Gasteiger charge is 2.44. The average molecular weight is 471 g/mol. The molecule has 2 aromatic carbocycles. The number of ether oxygens (including phenoxy) is 1. The van der Waals surface area contributed by atoms with Crippen LogP contribution < -0.4 is 10.5 Å². The van der Waals surface area contributed by atoms with E-state index in [1.54, 1.807) is 0 Å². The number of amides is 1. The maximum atomic E-state index is 13.2. The Morgan fingerprint density at radius 3 is 2.72 bits per heavy atom. The number of piperidine rings is 1. The number of carbonyl (C=O) groups is 2. The van der Waals surface area contributed by atoms with Gasteiger partial charge in [-0.05, 0) is 24.3 Å². The molecule has 148 valence electrons. The lowest BCUT2D eigenvalue weighted by Gasteiger charge is -2.44. The van der Waals surface area contributed by atoms with Crippen LogP contribution in [0.3, 0.4) is 0 Å². The minimum absolute atomic E-state index is 0.0405. The van der Waals surface area contributed by atoms with Gasteiger partial charge in [-0.15, -0.1) is 11.3 Å². The Morgan fingerprint density at radius 2 is 1.93 bits per heavy atom. The molecule has 2 aliphatic heterocycles. The number of nitrogens with zero attached hydrogens (tertiary/aromatic N) is 1. The normalized spacial score (nSPS) is 18.0. The number of carbonyl (C=O) groups excluding carboxylic acids is 2. The lowest BCUT2D eigenvalue weighted by Crippen LogP contribution is -2.52. The van der Waals surface area contributed by atoms with Gasteiger partial charge >= 0.3 is 0 Å². The zero-order valence-corrected chi connectivity index (χ0v) is 18.0. The van der Waals surface area contributed by atoms with Gasteiger partial charge in [-0.25, -0.2) is 0 Å². The quantitative estimate of drug-likeness (QED) is 0.549. The fourth-order valence-electron chi connectivity index (χ4n) is 4.31. The van der Waals surface area contributed by atoms with E-state index in [1.807, 2.05) is 47.4 Å². The molecule has 0 radical (unpaired) electrons. The standard InChI is InChI=1S/C22H19BrN2O3S/c23-13-5-6-17-15(11-13)16(26)12-22(28-17)7-9-25(10-8-22)21(27)19-14-3-1-2-4-18(14)29-20(19)24/h1-6,11H,7-10,12,24H2. The van der Waals surface area contributed by atoms with Gasteiger partial charge in [-0.3, -0.25) is 9.59 Å². The number of fused-ring (bicyclic) bond motifs is 2. The van der Waals surface area contributed by atoms with Gasteiger partial charge in [0.1, 0.15) is 11.4 Å². The number of halogens is 1. The van der Waals surface area contributed by atoms with E-state index in [-0.39, 0.29) is 11.7 Å². The van der Waals surface area contributed by atoms with Crippen molar-refractivity contribution in [1.29, 1.82) is 0 Å². The van der Waals surface area contributed by atoms with Crippen molar-refractivity contribution in [3.8, 4) is 5.75 Å². The van der Waals surface area contributed by atoms with E-state index in [2.05, 4.69) is 15.9 Å². The number of hydrogen-bond donors (Lipinski definition) is 1. The lowest BCUT2D eigenvalue weighted by molar-refractivity contribution is -0.00563. The SMILES string of the molecule is Nc1sc2ccccc2c1C(=O)N1CCC2(CC1)CC(=O)c1cc(Br)ccc1O2. The number of Topliss-reactive ketones (excluding diaryl/α,β-unsaturated/α-hetero) is 1. The molecule has 0 aliphatic carbocycles. The summed E-state index contributed by atoms with van der Waals surface area (Å²) in [5.41, 5.74) is 6.87. The third kappa shape index (κ3) is 3.13. The third-order valence-corrected chi connectivity index (χ3v) is 7.34. The summed E-state index contributed by atoms with van der Waals surface area (Å²) < 4.78 is 8.18. The summed E-state index contributed by atoms with van der Waals surface area (Å²) in [5, 5.41) is 1.46. The summed E-state index contributed by atoms with van der Waals surface area (Å²) in [5.74, 6) is 0.693. The van der Waals surface area contributed by atoms with Gasteiger partial charge in [-0.2, -0.15) is 0 Å². The number of anilines is 1. The Hall–Kier alpha value is -2.38. The Labute approximate surface area is 180 Å². The second kappa shape index (κ2) is 6.85. The second-order valence-electron chi connectivity index (χ2n) is 7.66. The van der Waals surface area contributed by atoms with E-state index >= 15 is 0 Å². The molecule has 5 nitrogen and oxygen atoms in total. The Kier molecular flexibility index (Phi) is 4.40. The van der Waals surface area contributed by atoms with Crippen LogP contribution in [-0.4, -0.2) is 35.3 Å². The average Bonchev–Trinajstić information content (AvgIpc) is 3.04. The highest BCUT2D eigenvalue weighted by Crippen LogP contribution is 2.41. The summed E-state index contributed by atoms with van der Waals surface area (Å²) in [6.07, 6.45) is 1.60. The molecule has 1 spiro atoms. The summed E-state index contributed by atoms with van der Waals surface area (Å²) >= 11 is 4.85. The van der Waals surface area contributed by atoms with Crippen molar-refractivity contribution in [3.05, 3.63) is 58.1 Å². The molecule has 2 N–H and O–H groups in total. The number of nitrogen functional groups attached to an aromatic ring is 1. The molecule has 3 aromatic rings. The molecule has 0 bridgehead atoms. The maximum absolute atomic E-state index is 13.2. The van der Waals surface area contributed by atoms with Crippen LogP contribution in [0.1, 0.15) is 40.0 Å². The number of ketones is 1. The fraction of sp³-hybridized carbons (Fsp3) is 0.273. The van der Waals surface area contributed by atoms with Crippen molar-refractivity contribution >= 4 is 54.0 Å². The molecular formula is C22H19BrN2O3S. The predicted octanol–water partition coefficient (Wildman–Crippen LogP) is 4.89. The topological polar surface area (TPSA) is 72.6 Å². The number of thiophene rings is 1. The van der Waals surface area contributed by atoms with Crippen LogP contribution in [-0.2, 0) is 0 Å². The van der Waals surface area contributed by atoms with Crippen LogP contribution in [0.5, 0.6) is 5.75 Å². The van der Waals surface area contributed by atoms with Crippen LogP contribution in [0.15, 0.2) is 46.9 Å².